The molecule has 0 radical (unpaired) electrons. The van der Waals surface area contributed by atoms with Crippen molar-refractivity contribution in [1.29, 1.82) is 0 Å². The highest BCUT2D eigenvalue weighted by atomic mass is 79.9. The molecule has 0 aliphatic heterocycles. The van der Waals surface area contributed by atoms with E-state index in [0.717, 1.165) is 10.0 Å². The highest BCUT2D eigenvalue weighted by molar-refractivity contribution is 9.11. The van der Waals surface area contributed by atoms with Gasteiger partial charge in [-0.2, -0.15) is 0 Å². The molecule has 0 saturated heterocycles. The zero-order valence-corrected chi connectivity index (χ0v) is 12.5. The summed E-state index contributed by atoms with van der Waals surface area (Å²) in [6, 6.07) is 8.00. The van der Waals surface area contributed by atoms with Crippen molar-refractivity contribution in [3.63, 3.8) is 0 Å². The molecule has 0 saturated carbocycles. The van der Waals surface area contributed by atoms with E-state index in [0.29, 0.717) is 22.7 Å². The lowest BCUT2D eigenvalue weighted by Crippen LogP contribution is -2.11. The van der Waals surface area contributed by atoms with E-state index in [1.807, 2.05) is 24.3 Å². The number of halogens is 2. The summed E-state index contributed by atoms with van der Waals surface area (Å²) >= 11 is 6.89. The first-order valence-corrected chi connectivity index (χ1v) is 6.75. The first-order chi connectivity index (χ1) is 8.72. The zero-order chi connectivity index (χ0) is 13.0. The number of nitrogens with one attached hydrogen (secondary N) is 2. The fourth-order valence-electron chi connectivity index (χ4n) is 1.41. The largest absolute Gasteiger partial charge is 0.365 e. The number of nitrogens with two attached hydrogens (primary N) is 1. The van der Waals surface area contributed by atoms with Gasteiger partial charge in [-0.15, -0.1) is 0 Å². The van der Waals surface area contributed by atoms with Crippen LogP contribution in [0.25, 0.3) is 0 Å². The van der Waals surface area contributed by atoms with Crippen molar-refractivity contribution in [3.05, 3.63) is 45.1 Å². The lowest BCUT2D eigenvalue weighted by Gasteiger charge is -2.10. The molecule has 5 nitrogen and oxygen atoms in total. The van der Waals surface area contributed by atoms with Crippen molar-refractivity contribution < 1.29 is 0 Å². The number of anilines is 2. The summed E-state index contributed by atoms with van der Waals surface area (Å²) in [4.78, 5) is 8.14. The molecule has 0 bridgehead atoms. The molecule has 0 fully saturated rings. The van der Waals surface area contributed by atoms with Crippen LogP contribution in [0.4, 0.5) is 11.6 Å². The van der Waals surface area contributed by atoms with Gasteiger partial charge in [0.15, 0.2) is 5.82 Å². The maximum absolute atomic E-state index is 5.35. The van der Waals surface area contributed by atoms with E-state index in [2.05, 4.69) is 52.6 Å². The van der Waals surface area contributed by atoms with Crippen LogP contribution in [0.3, 0.4) is 0 Å². The summed E-state index contributed by atoms with van der Waals surface area (Å²) < 4.78 is 1.76. The Morgan fingerprint density at radius 1 is 1.11 bits per heavy atom. The predicted octanol–water partition coefficient (Wildman–Crippen LogP) is 2.90. The average molecular weight is 373 g/mol. The summed E-state index contributed by atoms with van der Waals surface area (Å²) in [5.74, 6) is 6.58. The number of aromatic nitrogens is 2. The van der Waals surface area contributed by atoms with E-state index < -0.39 is 0 Å². The minimum absolute atomic E-state index is 0.541. The Hall–Kier alpha value is -1.18. The van der Waals surface area contributed by atoms with E-state index in [-0.39, 0.29) is 0 Å². The summed E-state index contributed by atoms with van der Waals surface area (Å²) in [6.45, 7) is 0.654. The molecule has 2 aromatic rings. The van der Waals surface area contributed by atoms with Crippen molar-refractivity contribution in [2.45, 2.75) is 6.54 Å². The van der Waals surface area contributed by atoms with Gasteiger partial charge in [-0.05, 0) is 27.6 Å². The zero-order valence-electron chi connectivity index (χ0n) is 9.32. The van der Waals surface area contributed by atoms with Crippen LogP contribution in [-0.4, -0.2) is 9.97 Å². The van der Waals surface area contributed by atoms with Crippen LogP contribution >= 0.6 is 31.9 Å². The molecule has 94 valence electrons. The standard InChI is InChI=1S/C11H11Br2N5/c12-8-4-2-1-3-7(8)5-15-10-9(13)11(18-14)17-6-16-10/h1-4,6H,5,14H2,(H2,15,16,17,18). The fraction of sp³-hybridized carbons (Fsp3) is 0.0909. The minimum atomic E-state index is 0.541. The first kappa shape index (κ1) is 13.3. The van der Waals surface area contributed by atoms with Crippen LogP contribution in [0.5, 0.6) is 0 Å². The summed E-state index contributed by atoms with van der Waals surface area (Å²) in [5.41, 5.74) is 3.64. The van der Waals surface area contributed by atoms with Gasteiger partial charge in [0.2, 0.25) is 0 Å². The van der Waals surface area contributed by atoms with Crippen LogP contribution < -0.4 is 16.6 Å². The van der Waals surface area contributed by atoms with E-state index in [9.17, 15) is 0 Å². The number of hydrogen-bond acceptors (Lipinski definition) is 5. The number of benzene rings is 1. The lowest BCUT2D eigenvalue weighted by molar-refractivity contribution is 1.06. The molecule has 0 spiro atoms. The van der Waals surface area contributed by atoms with Crippen LogP contribution in [0.1, 0.15) is 5.56 Å². The Labute approximate surface area is 121 Å². The van der Waals surface area contributed by atoms with Gasteiger partial charge in [0.25, 0.3) is 0 Å². The van der Waals surface area contributed by atoms with Gasteiger partial charge in [0.1, 0.15) is 16.6 Å². The second-order valence-electron chi connectivity index (χ2n) is 3.47. The maximum atomic E-state index is 5.35. The van der Waals surface area contributed by atoms with Crippen LogP contribution in [0, 0.1) is 0 Å². The van der Waals surface area contributed by atoms with E-state index >= 15 is 0 Å². The lowest BCUT2D eigenvalue weighted by atomic mass is 10.2. The number of nitrogens with zero attached hydrogens (tertiary/aromatic N) is 2. The second kappa shape index (κ2) is 6.12. The Morgan fingerprint density at radius 2 is 1.83 bits per heavy atom. The fourth-order valence-corrected chi connectivity index (χ4v) is 2.30. The van der Waals surface area contributed by atoms with Gasteiger partial charge in [-0.25, -0.2) is 15.8 Å². The highest BCUT2D eigenvalue weighted by Crippen LogP contribution is 2.26. The van der Waals surface area contributed by atoms with Gasteiger partial charge < -0.3 is 10.7 Å². The molecule has 1 aromatic heterocycles. The summed E-state index contributed by atoms with van der Waals surface area (Å²) in [5, 5.41) is 3.22. The molecule has 2 rings (SSSR count). The Morgan fingerprint density at radius 3 is 2.56 bits per heavy atom. The first-order valence-electron chi connectivity index (χ1n) is 5.16. The van der Waals surface area contributed by atoms with Gasteiger partial charge >= 0.3 is 0 Å². The molecular formula is C11H11Br2N5. The minimum Gasteiger partial charge on any atom is -0.365 e. The Balaban J connectivity index is 2.14. The van der Waals surface area contributed by atoms with E-state index in [1.54, 1.807) is 0 Å². The van der Waals surface area contributed by atoms with Crippen molar-refractivity contribution >= 4 is 43.5 Å². The molecule has 7 heteroatoms. The molecule has 0 aliphatic rings. The number of rotatable bonds is 4. The smallest absolute Gasteiger partial charge is 0.159 e. The number of nitrogen functional groups attached to an aromatic ring is 1. The van der Waals surface area contributed by atoms with Crippen molar-refractivity contribution in [2.75, 3.05) is 10.7 Å². The predicted molar refractivity (Wildman–Crippen MR) is 79.0 cm³/mol. The summed E-state index contributed by atoms with van der Waals surface area (Å²) in [6.07, 6.45) is 1.45. The van der Waals surface area contributed by atoms with Crippen LogP contribution in [0.2, 0.25) is 0 Å². The second-order valence-corrected chi connectivity index (χ2v) is 5.12. The summed E-state index contributed by atoms with van der Waals surface area (Å²) in [7, 11) is 0. The Bertz CT molecular complexity index is 547. The molecule has 0 unspecified atom stereocenters. The third-order valence-corrected chi connectivity index (χ3v) is 3.86. The van der Waals surface area contributed by atoms with Crippen LogP contribution in [-0.2, 0) is 6.54 Å². The normalized spacial score (nSPS) is 10.2. The SMILES string of the molecule is NNc1ncnc(NCc2ccccc2Br)c1Br. The Kier molecular flexibility index (Phi) is 4.51. The maximum Gasteiger partial charge on any atom is 0.159 e. The molecule has 0 amide bonds. The van der Waals surface area contributed by atoms with Crippen LogP contribution in [0.15, 0.2) is 39.5 Å². The third-order valence-electron chi connectivity index (χ3n) is 2.33. The molecule has 18 heavy (non-hydrogen) atoms. The average Bonchev–Trinajstić information content (AvgIpc) is 2.39. The molecule has 1 aromatic carbocycles. The molecular weight excluding hydrogens is 362 g/mol. The van der Waals surface area contributed by atoms with Gasteiger partial charge in [-0.1, -0.05) is 34.1 Å². The molecule has 1 heterocycles. The van der Waals surface area contributed by atoms with Crippen molar-refractivity contribution in [3.8, 4) is 0 Å². The van der Waals surface area contributed by atoms with Gasteiger partial charge in [0, 0.05) is 11.0 Å². The monoisotopic (exact) mass is 371 g/mol. The van der Waals surface area contributed by atoms with E-state index in [4.69, 9.17) is 5.84 Å². The van der Waals surface area contributed by atoms with Crippen molar-refractivity contribution in [1.82, 2.24) is 9.97 Å². The van der Waals surface area contributed by atoms with Crippen molar-refractivity contribution in [2.24, 2.45) is 5.84 Å². The van der Waals surface area contributed by atoms with Gasteiger partial charge in [0.05, 0.1) is 0 Å². The number of hydrazine groups is 1. The molecule has 4 N–H and O–H groups in total. The number of hydrogen-bond donors (Lipinski definition) is 3. The molecule has 0 atom stereocenters. The topological polar surface area (TPSA) is 75.9 Å². The highest BCUT2D eigenvalue weighted by Gasteiger charge is 2.07. The molecule has 0 aliphatic carbocycles. The van der Waals surface area contributed by atoms with Gasteiger partial charge in [-0.3, -0.25) is 0 Å². The van der Waals surface area contributed by atoms with E-state index in [1.165, 1.54) is 6.33 Å². The quantitative estimate of drug-likeness (QED) is 0.568. The third kappa shape index (κ3) is 2.98.